The van der Waals surface area contributed by atoms with E-state index in [1.807, 2.05) is 14.1 Å². The van der Waals surface area contributed by atoms with Gasteiger partial charge in [0.1, 0.15) is 11.6 Å². The molecular weight excluding hydrogens is 260 g/mol. The number of aliphatic hydroxyl groups excluding tert-OH is 1. The van der Waals surface area contributed by atoms with Crippen molar-refractivity contribution in [2.24, 2.45) is 0 Å². The van der Waals surface area contributed by atoms with Crippen molar-refractivity contribution in [3.8, 4) is 0 Å². The van der Waals surface area contributed by atoms with Crippen LogP contribution in [-0.2, 0) is 6.42 Å². The Morgan fingerprint density at radius 3 is 2.15 bits per heavy atom. The van der Waals surface area contributed by atoms with Gasteiger partial charge in [-0.05, 0) is 44.6 Å². The standard InChI is InChI=1S/C16H23F2NO/c1-19(2)16(6-4-3-5-7-16)15(20)10-12-8-13(17)11-14(18)9-12/h8-9,11,15,20H,3-7,10H2,1-2H3. The predicted molar refractivity (Wildman–Crippen MR) is 75.6 cm³/mol. The van der Waals surface area contributed by atoms with Crippen molar-refractivity contribution in [2.45, 2.75) is 50.2 Å². The van der Waals surface area contributed by atoms with E-state index in [1.54, 1.807) is 0 Å². The number of hydrogen-bond donors (Lipinski definition) is 1. The summed E-state index contributed by atoms with van der Waals surface area (Å²) in [6.07, 6.45) is 4.90. The molecule has 0 saturated heterocycles. The Morgan fingerprint density at radius 1 is 1.10 bits per heavy atom. The molecule has 1 unspecified atom stereocenters. The van der Waals surface area contributed by atoms with Crippen molar-refractivity contribution >= 4 is 0 Å². The van der Waals surface area contributed by atoms with Crippen LogP contribution in [0.3, 0.4) is 0 Å². The molecule has 0 bridgehead atoms. The Hall–Kier alpha value is -1.00. The lowest BCUT2D eigenvalue weighted by Crippen LogP contribution is -2.55. The molecule has 1 aliphatic rings. The van der Waals surface area contributed by atoms with Gasteiger partial charge in [0, 0.05) is 18.0 Å². The highest BCUT2D eigenvalue weighted by Gasteiger charge is 2.40. The molecule has 2 nitrogen and oxygen atoms in total. The molecule has 1 N–H and O–H groups in total. The van der Waals surface area contributed by atoms with Crippen LogP contribution in [-0.4, -0.2) is 35.7 Å². The topological polar surface area (TPSA) is 23.5 Å². The van der Waals surface area contributed by atoms with E-state index in [0.29, 0.717) is 5.56 Å². The summed E-state index contributed by atoms with van der Waals surface area (Å²) in [5.74, 6) is -1.18. The van der Waals surface area contributed by atoms with Crippen LogP contribution in [0.5, 0.6) is 0 Å². The summed E-state index contributed by atoms with van der Waals surface area (Å²) < 4.78 is 26.5. The van der Waals surface area contributed by atoms with E-state index in [9.17, 15) is 13.9 Å². The Morgan fingerprint density at radius 2 is 1.65 bits per heavy atom. The van der Waals surface area contributed by atoms with Crippen molar-refractivity contribution in [2.75, 3.05) is 14.1 Å². The van der Waals surface area contributed by atoms with Gasteiger partial charge in [-0.3, -0.25) is 0 Å². The zero-order chi connectivity index (χ0) is 14.8. The van der Waals surface area contributed by atoms with E-state index < -0.39 is 17.7 Å². The first-order chi connectivity index (χ1) is 9.44. The lowest BCUT2D eigenvalue weighted by molar-refractivity contribution is -0.0310. The summed E-state index contributed by atoms with van der Waals surface area (Å²) in [5, 5.41) is 10.6. The number of benzene rings is 1. The summed E-state index contributed by atoms with van der Waals surface area (Å²) in [7, 11) is 3.95. The summed E-state index contributed by atoms with van der Waals surface area (Å²) in [5.41, 5.74) is 0.239. The molecule has 0 spiro atoms. The van der Waals surface area contributed by atoms with Crippen LogP contribution in [0, 0.1) is 11.6 Å². The Balaban J connectivity index is 2.17. The van der Waals surface area contributed by atoms with Crippen LogP contribution in [0.2, 0.25) is 0 Å². The molecule has 4 heteroatoms. The molecule has 1 aromatic rings. The number of aliphatic hydroxyl groups is 1. The zero-order valence-corrected chi connectivity index (χ0v) is 12.2. The average molecular weight is 283 g/mol. The van der Waals surface area contributed by atoms with Gasteiger partial charge in [0.2, 0.25) is 0 Å². The summed E-state index contributed by atoms with van der Waals surface area (Å²) in [4.78, 5) is 2.08. The van der Waals surface area contributed by atoms with Gasteiger partial charge in [0.05, 0.1) is 6.10 Å². The highest BCUT2D eigenvalue weighted by Crippen LogP contribution is 2.36. The first-order valence-corrected chi connectivity index (χ1v) is 7.24. The summed E-state index contributed by atoms with van der Waals surface area (Å²) in [6, 6.07) is 3.47. The highest BCUT2D eigenvalue weighted by molar-refractivity contribution is 5.20. The molecule has 0 heterocycles. The van der Waals surface area contributed by atoms with Gasteiger partial charge >= 0.3 is 0 Å². The SMILES string of the molecule is CN(C)C1(C(O)Cc2cc(F)cc(F)c2)CCCCC1. The fourth-order valence-electron chi connectivity index (χ4n) is 3.38. The van der Waals surface area contributed by atoms with Crippen LogP contribution in [0.15, 0.2) is 18.2 Å². The number of rotatable bonds is 4. The van der Waals surface area contributed by atoms with E-state index in [-0.39, 0.29) is 12.0 Å². The quantitative estimate of drug-likeness (QED) is 0.917. The minimum atomic E-state index is -0.612. The third-order valence-electron chi connectivity index (χ3n) is 4.58. The van der Waals surface area contributed by atoms with Crippen LogP contribution >= 0.6 is 0 Å². The van der Waals surface area contributed by atoms with Gasteiger partial charge < -0.3 is 10.0 Å². The van der Waals surface area contributed by atoms with Gasteiger partial charge in [0.25, 0.3) is 0 Å². The maximum Gasteiger partial charge on any atom is 0.126 e. The van der Waals surface area contributed by atoms with Crippen molar-refractivity contribution in [3.05, 3.63) is 35.4 Å². The zero-order valence-electron chi connectivity index (χ0n) is 12.2. The van der Waals surface area contributed by atoms with Crippen LogP contribution in [0.1, 0.15) is 37.7 Å². The van der Waals surface area contributed by atoms with E-state index >= 15 is 0 Å². The maximum atomic E-state index is 13.2. The van der Waals surface area contributed by atoms with Gasteiger partial charge in [-0.2, -0.15) is 0 Å². The Labute approximate surface area is 119 Å². The van der Waals surface area contributed by atoms with E-state index in [4.69, 9.17) is 0 Å². The smallest absolute Gasteiger partial charge is 0.126 e. The normalized spacial score (nSPS) is 20.1. The summed E-state index contributed by atoms with van der Waals surface area (Å²) >= 11 is 0. The molecule has 0 radical (unpaired) electrons. The minimum Gasteiger partial charge on any atom is -0.391 e. The first-order valence-electron chi connectivity index (χ1n) is 7.24. The first kappa shape index (κ1) is 15.4. The van der Waals surface area contributed by atoms with Gasteiger partial charge in [-0.1, -0.05) is 19.3 Å². The monoisotopic (exact) mass is 283 g/mol. The largest absolute Gasteiger partial charge is 0.391 e. The molecule has 20 heavy (non-hydrogen) atoms. The third kappa shape index (κ3) is 3.18. The molecule has 1 saturated carbocycles. The second-order valence-corrected chi connectivity index (χ2v) is 6.06. The van der Waals surface area contributed by atoms with Crippen LogP contribution < -0.4 is 0 Å². The van der Waals surface area contributed by atoms with E-state index in [0.717, 1.165) is 31.7 Å². The molecule has 2 rings (SSSR count). The lowest BCUT2D eigenvalue weighted by Gasteiger charge is -2.46. The molecule has 112 valence electrons. The molecular formula is C16H23F2NO. The van der Waals surface area contributed by atoms with Gasteiger partial charge in [0.15, 0.2) is 0 Å². The molecule has 1 aromatic carbocycles. The fraction of sp³-hybridized carbons (Fsp3) is 0.625. The lowest BCUT2D eigenvalue weighted by atomic mass is 9.75. The molecule has 1 fully saturated rings. The van der Waals surface area contributed by atoms with Crippen molar-refractivity contribution in [3.63, 3.8) is 0 Å². The maximum absolute atomic E-state index is 13.2. The predicted octanol–water partition coefficient (Wildman–Crippen LogP) is 3.13. The van der Waals surface area contributed by atoms with Crippen LogP contribution in [0.25, 0.3) is 0 Å². The van der Waals surface area contributed by atoms with Crippen molar-refractivity contribution in [1.82, 2.24) is 4.90 Å². The average Bonchev–Trinajstić information content (AvgIpc) is 2.38. The number of likely N-dealkylation sites (N-methyl/N-ethyl adjacent to an activating group) is 1. The van der Waals surface area contributed by atoms with Crippen molar-refractivity contribution in [1.29, 1.82) is 0 Å². The van der Waals surface area contributed by atoms with E-state index in [2.05, 4.69) is 4.90 Å². The fourth-order valence-corrected chi connectivity index (χ4v) is 3.38. The molecule has 1 atom stereocenters. The highest BCUT2D eigenvalue weighted by atomic mass is 19.1. The second-order valence-electron chi connectivity index (χ2n) is 6.06. The number of nitrogens with zero attached hydrogens (tertiary/aromatic N) is 1. The molecule has 0 aromatic heterocycles. The molecule has 1 aliphatic carbocycles. The second kappa shape index (κ2) is 6.19. The van der Waals surface area contributed by atoms with Gasteiger partial charge in [-0.25, -0.2) is 8.78 Å². The molecule has 0 amide bonds. The van der Waals surface area contributed by atoms with Gasteiger partial charge in [-0.15, -0.1) is 0 Å². The Kier molecular flexibility index (Phi) is 4.76. The number of hydrogen-bond acceptors (Lipinski definition) is 2. The molecule has 0 aliphatic heterocycles. The van der Waals surface area contributed by atoms with Crippen LogP contribution in [0.4, 0.5) is 8.78 Å². The van der Waals surface area contributed by atoms with E-state index in [1.165, 1.54) is 18.6 Å². The summed E-state index contributed by atoms with van der Waals surface area (Å²) in [6.45, 7) is 0. The Bertz CT molecular complexity index is 436. The number of halogens is 2. The van der Waals surface area contributed by atoms with Crippen molar-refractivity contribution < 1.29 is 13.9 Å². The minimum absolute atomic E-state index is 0.277. The third-order valence-corrected chi connectivity index (χ3v) is 4.58.